The number of rotatable bonds is 8. The predicted molar refractivity (Wildman–Crippen MR) is 185 cm³/mol. The maximum atomic E-state index is 14.2. The number of aliphatic hydroxyl groups excluding tert-OH is 2. The van der Waals surface area contributed by atoms with Crippen LogP contribution >= 0.6 is 0 Å². The Balaban J connectivity index is 1.57. The van der Waals surface area contributed by atoms with Crippen LogP contribution in [0.25, 0.3) is 0 Å². The maximum Gasteiger partial charge on any atom is 0.303 e. The number of ether oxygens (including phenoxy) is 1. The van der Waals surface area contributed by atoms with E-state index < -0.39 is 39.5 Å². The van der Waals surface area contributed by atoms with Gasteiger partial charge in [0.25, 0.3) is 15.9 Å². The molecule has 5 rings (SSSR count). The maximum absolute atomic E-state index is 14.2. The van der Waals surface area contributed by atoms with Crippen LogP contribution in [-0.2, 0) is 24.3 Å². The van der Waals surface area contributed by atoms with Crippen LogP contribution < -0.4 is 10.3 Å². The second-order valence-corrected chi connectivity index (χ2v) is 17.9. The van der Waals surface area contributed by atoms with Crippen molar-refractivity contribution in [3.05, 3.63) is 52.6 Å². The highest BCUT2D eigenvalue weighted by atomic mass is 32.2. The van der Waals surface area contributed by atoms with Crippen molar-refractivity contribution in [1.29, 1.82) is 0 Å². The van der Waals surface area contributed by atoms with Gasteiger partial charge in [0, 0.05) is 12.5 Å². The van der Waals surface area contributed by atoms with E-state index in [1.165, 1.54) is 19.1 Å². The first-order valence-electron chi connectivity index (χ1n) is 17.6. The van der Waals surface area contributed by atoms with Crippen LogP contribution in [0.5, 0.6) is 0 Å². The minimum absolute atomic E-state index is 0.0263. The van der Waals surface area contributed by atoms with Crippen LogP contribution in [0, 0.1) is 46.8 Å². The van der Waals surface area contributed by atoms with E-state index in [1.54, 1.807) is 12.1 Å². The van der Waals surface area contributed by atoms with Gasteiger partial charge in [-0.1, -0.05) is 57.0 Å². The van der Waals surface area contributed by atoms with Crippen molar-refractivity contribution in [2.45, 2.75) is 130 Å². The van der Waals surface area contributed by atoms with Gasteiger partial charge in [0.15, 0.2) is 0 Å². The molecule has 4 fully saturated rings. The summed E-state index contributed by atoms with van der Waals surface area (Å²) in [4.78, 5) is 29.1. The molecule has 48 heavy (non-hydrogen) atoms. The number of amides is 1. The first kappa shape index (κ1) is 36.7. The molecule has 266 valence electrons. The molecule has 0 heterocycles. The first-order valence-corrected chi connectivity index (χ1v) is 19.1. The summed E-state index contributed by atoms with van der Waals surface area (Å²) in [6.45, 7) is 16.2. The molecule has 0 aliphatic heterocycles. The van der Waals surface area contributed by atoms with E-state index in [-0.39, 0.29) is 39.6 Å². The summed E-state index contributed by atoms with van der Waals surface area (Å²) in [5.74, 6) is -0.879. The van der Waals surface area contributed by atoms with Gasteiger partial charge >= 0.3 is 5.97 Å². The van der Waals surface area contributed by atoms with Crippen molar-refractivity contribution in [3.63, 3.8) is 0 Å². The van der Waals surface area contributed by atoms with Crippen molar-refractivity contribution in [1.82, 2.24) is 10.3 Å². The Bertz CT molecular complexity index is 1580. The van der Waals surface area contributed by atoms with Crippen LogP contribution in [-0.4, -0.2) is 48.8 Å². The van der Waals surface area contributed by atoms with Gasteiger partial charge in [-0.3, -0.25) is 15.0 Å². The molecule has 0 unspecified atom stereocenters. The minimum Gasteiger partial charge on any atom is -0.458 e. The zero-order chi connectivity index (χ0) is 35.4. The Morgan fingerprint density at radius 1 is 1.00 bits per heavy atom. The molecule has 0 saturated heterocycles. The number of carbonyl (C=O) groups excluding carboxylic acids is 2. The lowest BCUT2D eigenvalue weighted by Crippen LogP contribution is -2.65. The molecule has 1 amide bonds. The number of carbonyl (C=O) groups is 2. The lowest BCUT2D eigenvalue weighted by Gasteiger charge is -2.69. The number of esters is 1. The van der Waals surface area contributed by atoms with Crippen molar-refractivity contribution in [3.8, 4) is 0 Å². The van der Waals surface area contributed by atoms with Gasteiger partial charge in [-0.05, 0) is 130 Å². The van der Waals surface area contributed by atoms with E-state index in [0.29, 0.717) is 49.2 Å². The number of allylic oxidation sites excluding steroid dienone is 2. The first-order chi connectivity index (χ1) is 22.4. The van der Waals surface area contributed by atoms with Gasteiger partial charge in [0.05, 0.1) is 17.1 Å². The van der Waals surface area contributed by atoms with E-state index in [2.05, 4.69) is 38.0 Å². The molecule has 0 radical (unpaired) electrons. The van der Waals surface area contributed by atoms with Crippen LogP contribution in [0.2, 0.25) is 0 Å². The number of aryl methyl sites for hydroxylation is 1. The van der Waals surface area contributed by atoms with Crippen molar-refractivity contribution in [2.75, 3.05) is 0 Å². The van der Waals surface area contributed by atoms with E-state index in [0.717, 1.165) is 30.4 Å². The zero-order valence-corrected chi connectivity index (χ0v) is 30.7. The molecule has 1 aromatic carbocycles. The minimum atomic E-state index is -4.05. The third-order valence-corrected chi connectivity index (χ3v) is 14.5. The summed E-state index contributed by atoms with van der Waals surface area (Å²) in [5, 5.41) is 23.0. The number of nitrogens with one attached hydrogen (secondary N) is 2. The summed E-state index contributed by atoms with van der Waals surface area (Å²) in [6.07, 6.45) is 5.48. The number of hydrazine groups is 1. The van der Waals surface area contributed by atoms with Crippen molar-refractivity contribution < 1.29 is 33.0 Å². The van der Waals surface area contributed by atoms with Crippen LogP contribution in [0.4, 0.5) is 0 Å². The average Bonchev–Trinajstić information content (AvgIpc) is 3.27. The fourth-order valence-corrected chi connectivity index (χ4v) is 11.6. The molecule has 4 aliphatic rings. The molecule has 10 atom stereocenters. The number of hydrogen-bond donors (Lipinski definition) is 4. The molecule has 10 heteroatoms. The van der Waals surface area contributed by atoms with Crippen LogP contribution in [0.3, 0.4) is 0 Å². The quantitative estimate of drug-likeness (QED) is 0.116. The predicted octanol–water partition coefficient (Wildman–Crippen LogP) is 5.90. The van der Waals surface area contributed by atoms with E-state index in [4.69, 9.17) is 4.74 Å². The van der Waals surface area contributed by atoms with Gasteiger partial charge in [-0.2, -0.15) is 0 Å². The summed E-state index contributed by atoms with van der Waals surface area (Å²) in [7, 11) is -4.05. The number of fused-ring (bicyclic) bond motifs is 5. The molecule has 4 saturated carbocycles. The number of sulfonamides is 1. The van der Waals surface area contributed by atoms with Crippen molar-refractivity contribution in [2.24, 2.45) is 39.9 Å². The molecule has 0 bridgehead atoms. The monoisotopic (exact) mass is 684 g/mol. The largest absolute Gasteiger partial charge is 0.458 e. The Labute approximate surface area is 287 Å². The van der Waals surface area contributed by atoms with Crippen molar-refractivity contribution >= 4 is 21.9 Å². The van der Waals surface area contributed by atoms with Gasteiger partial charge in [-0.15, -0.1) is 4.83 Å². The van der Waals surface area contributed by atoms with Gasteiger partial charge in [0.2, 0.25) is 0 Å². The Morgan fingerprint density at radius 3 is 2.29 bits per heavy atom. The number of hydrogen-bond acceptors (Lipinski definition) is 7. The molecule has 9 nitrogen and oxygen atoms in total. The molecule has 0 aromatic heterocycles. The lowest BCUT2D eigenvalue weighted by molar-refractivity contribution is -0.234. The standard InChI is InChI=1S/C38H56N2O7S/c1-22(2)10-9-11-27(35(44)39-40-48(45,46)26-14-12-23(3)13-15-26)33-29-20-31(43)34-36(6)18-17-30(42)24(4)28(36)16-19-37(34,7)38(29,8)21-32(33)47-25(5)41/h10,12-15,24,28-32,34,40,42-43H,9,11,16-21H2,1-8H3,(H,39,44)/b33-27-/t24-,28-,29-,30+,31+,32-,34-,36-,37-,38-/m0/s1. The summed E-state index contributed by atoms with van der Waals surface area (Å²) in [6, 6.07) is 6.36. The number of aliphatic hydroxyl groups is 2. The third kappa shape index (κ3) is 6.31. The normalized spacial score (nSPS) is 38.6. The summed E-state index contributed by atoms with van der Waals surface area (Å²) in [5.41, 5.74) is 4.65. The lowest BCUT2D eigenvalue weighted by atomic mass is 9.36. The Morgan fingerprint density at radius 2 is 1.67 bits per heavy atom. The van der Waals surface area contributed by atoms with Gasteiger partial charge in [-0.25, -0.2) is 8.42 Å². The van der Waals surface area contributed by atoms with E-state index >= 15 is 0 Å². The van der Waals surface area contributed by atoms with Crippen LogP contribution in [0.15, 0.2) is 52.0 Å². The molecule has 0 spiro atoms. The zero-order valence-electron chi connectivity index (χ0n) is 29.9. The highest BCUT2D eigenvalue weighted by Crippen LogP contribution is 2.74. The smallest absolute Gasteiger partial charge is 0.303 e. The molecule has 1 aromatic rings. The highest BCUT2D eigenvalue weighted by Gasteiger charge is 2.70. The third-order valence-electron chi connectivity index (χ3n) is 13.2. The fourth-order valence-electron chi connectivity index (χ4n) is 10.8. The second-order valence-electron chi connectivity index (χ2n) is 16.2. The number of benzene rings is 1. The van der Waals surface area contributed by atoms with E-state index in [1.807, 2.05) is 26.8 Å². The SMILES string of the molecule is CC(=O)O[C@H]1C[C@@]2(C)[C@@H](C[C@@H](O)[C@H]3[C@@]4(C)CC[C@@H](O)[C@@H](C)[C@@H]4CC[C@@]32C)/C1=C(\CCC=C(C)C)C(=O)NNS(=O)(=O)c1ccc(C)cc1. The average molecular weight is 685 g/mol. The molecular formula is C38H56N2O7S. The highest BCUT2D eigenvalue weighted by molar-refractivity contribution is 7.89. The second kappa shape index (κ2) is 13.3. The Kier molecular flexibility index (Phi) is 10.2. The molecular weight excluding hydrogens is 628 g/mol. The van der Waals surface area contributed by atoms with Crippen LogP contribution in [0.1, 0.15) is 105 Å². The van der Waals surface area contributed by atoms with Gasteiger partial charge < -0.3 is 14.9 Å². The summed E-state index contributed by atoms with van der Waals surface area (Å²) < 4.78 is 32.3. The topological polar surface area (TPSA) is 142 Å². The van der Waals surface area contributed by atoms with E-state index in [9.17, 15) is 28.2 Å². The fraction of sp³-hybridized carbons (Fsp3) is 0.684. The Hall–Kier alpha value is -2.53. The summed E-state index contributed by atoms with van der Waals surface area (Å²) >= 11 is 0. The molecule has 4 aliphatic carbocycles. The molecule has 4 N–H and O–H groups in total. The van der Waals surface area contributed by atoms with Gasteiger partial charge in [0.1, 0.15) is 6.10 Å².